The molecule has 0 saturated heterocycles. The Balaban J connectivity index is 0.00000128. The Kier molecular flexibility index (Phi) is 4.76. The van der Waals surface area contributed by atoms with Crippen molar-refractivity contribution in [3.8, 4) is 11.6 Å². The van der Waals surface area contributed by atoms with E-state index in [4.69, 9.17) is 10.5 Å². The maximum atomic E-state index is 5.61. The van der Waals surface area contributed by atoms with Gasteiger partial charge >= 0.3 is 0 Å². The number of halogens is 1. The zero-order valence-corrected chi connectivity index (χ0v) is 9.48. The Labute approximate surface area is 101 Å². The normalized spacial score (nSPS) is 9.31. The van der Waals surface area contributed by atoms with Crippen molar-refractivity contribution in [3.63, 3.8) is 0 Å². The zero-order chi connectivity index (χ0) is 10.5. The van der Waals surface area contributed by atoms with Gasteiger partial charge in [-0.25, -0.2) is 4.98 Å². The molecule has 1 aromatic heterocycles. The second-order valence-electron chi connectivity index (χ2n) is 3.09. The summed E-state index contributed by atoms with van der Waals surface area (Å²) in [6.45, 7) is 0.427. The van der Waals surface area contributed by atoms with Gasteiger partial charge in [0, 0.05) is 18.3 Å². The summed E-state index contributed by atoms with van der Waals surface area (Å²) in [5.41, 5.74) is 6.49. The summed E-state index contributed by atoms with van der Waals surface area (Å²) in [4.78, 5) is 4.14. The highest BCUT2D eigenvalue weighted by Gasteiger charge is 2.03. The van der Waals surface area contributed by atoms with Gasteiger partial charge in [-0.2, -0.15) is 0 Å². The van der Waals surface area contributed by atoms with Crippen molar-refractivity contribution in [1.29, 1.82) is 0 Å². The number of benzene rings is 1. The van der Waals surface area contributed by atoms with E-state index in [2.05, 4.69) is 4.98 Å². The standard InChI is InChI=1S/C12H12N2O.ClH/c13-9-10-5-4-8-14-12(10)15-11-6-2-1-3-7-11;/h1-8H,9,13H2;1H. The van der Waals surface area contributed by atoms with E-state index >= 15 is 0 Å². The van der Waals surface area contributed by atoms with Crippen molar-refractivity contribution in [2.75, 3.05) is 0 Å². The van der Waals surface area contributed by atoms with Gasteiger partial charge in [0.1, 0.15) is 5.75 Å². The Hall–Kier alpha value is -1.58. The smallest absolute Gasteiger partial charge is 0.223 e. The summed E-state index contributed by atoms with van der Waals surface area (Å²) in [6.07, 6.45) is 1.69. The Bertz CT molecular complexity index is 434. The third-order valence-corrected chi connectivity index (χ3v) is 2.03. The fraction of sp³-hybridized carbons (Fsp3) is 0.0833. The molecule has 4 heteroatoms. The molecule has 0 atom stereocenters. The quantitative estimate of drug-likeness (QED) is 0.892. The first kappa shape index (κ1) is 12.5. The van der Waals surface area contributed by atoms with Crippen molar-refractivity contribution < 1.29 is 4.74 Å². The fourth-order valence-electron chi connectivity index (χ4n) is 1.27. The van der Waals surface area contributed by atoms with Crippen LogP contribution in [0.2, 0.25) is 0 Å². The molecule has 1 heterocycles. The number of nitrogens with zero attached hydrogens (tertiary/aromatic N) is 1. The predicted molar refractivity (Wildman–Crippen MR) is 65.9 cm³/mol. The van der Waals surface area contributed by atoms with Gasteiger partial charge < -0.3 is 10.5 Å². The molecule has 16 heavy (non-hydrogen) atoms. The van der Waals surface area contributed by atoms with Crippen LogP contribution in [-0.4, -0.2) is 4.98 Å². The van der Waals surface area contributed by atoms with E-state index in [1.807, 2.05) is 42.5 Å². The summed E-state index contributed by atoms with van der Waals surface area (Å²) < 4.78 is 5.61. The number of pyridine rings is 1. The number of hydrogen-bond acceptors (Lipinski definition) is 3. The number of nitrogens with two attached hydrogens (primary N) is 1. The average molecular weight is 237 g/mol. The van der Waals surface area contributed by atoms with Gasteiger partial charge in [-0.15, -0.1) is 12.4 Å². The van der Waals surface area contributed by atoms with Crippen LogP contribution in [0.3, 0.4) is 0 Å². The third-order valence-electron chi connectivity index (χ3n) is 2.03. The first-order chi connectivity index (χ1) is 7.40. The minimum atomic E-state index is 0. The topological polar surface area (TPSA) is 48.1 Å². The first-order valence-corrected chi connectivity index (χ1v) is 4.77. The molecule has 0 fully saturated rings. The molecule has 2 N–H and O–H groups in total. The van der Waals surface area contributed by atoms with Crippen LogP contribution in [0.1, 0.15) is 5.56 Å². The highest BCUT2D eigenvalue weighted by molar-refractivity contribution is 5.85. The van der Waals surface area contributed by atoms with Crippen molar-refractivity contribution in [3.05, 3.63) is 54.2 Å². The maximum absolute atomic E-state index is 5.61. The lowest BCUT2D eigenvalue weighted by molar-refractivity contribution is 0.456. The SMILES string of the molecule is Cl.NCc1cccnc1Oc1ccccc1. The lowest BCUT2D eigenvalue weighted by Crippen LogP contribution is -2.00. The van der Waals surface area contributed by atoms with Crippen LogP contribution in [0.25, 0.3) is 0 Å². The van der Waals surface area contributed by atoms with Crippen LogP contribution in [0.5, 0.6) is 11.6 Å². The summed E-state index contributed by atoms with van der Waals surface area (Å²) in [5.74, 6) is 1.34. The molecule has 2 aromatic rings. The number of aromatic nitrogens is 1. The number of ether oxygens (including phenoxy) is 1. The molecular weight excluding hydrogens is 224 g/mol. The Morgan fingerprint density at radius 3 is 2.50 bits per heavy atom. The van der Waals surface area contributed by atoms with Gasteiger partial charge in [0.05, 0.1) is 0 Å². The molecule has 0 unspecified atom stereocenters. The molecule has 3 nitrogen and oxygen atoms in total. The van der Waals surface area contributed by atoms with Crippen LogP contribution >= 0.6 is 12.4 Å². The highest BCUT2D eigenvalue weighted by atomic mass is 35.5. The highest BCUT2D eigenvalue weighted by Crippen LogP contribution is 2.21. The van der Waals surface area contributed by atoms with Gasteiger partial charge in [-0.05, 0) is 18.2 Å². The largest absolute Gasteiger partial charge is 0.439 e. The molecule has 0 saturated carbocycles. The van der Waals surface area contributed by atoms with E-state index in [0.29, 0.717) is 12.4 Å². The number of rotatable bonds is 3. The van der Waals surface area contributed by atoms with Crippen LogP contribution in [0.4, 0.5) is 0 Å². The van der Waals surface area contributed by atoms with Crippen molar-refractivity contribution in [1.82, 2.24) is 4.98 Å². The van der Waals surface area contributed by atoms with E-state index < -0.39 is 0 Å². The lowest BCUT2D eigenvalue weighted by Gasteiger charge is -2.07. The van der Waals surface area contributed by atoms with E-state index in [0.717, 1.165) is 11.3 Å². The van der Waals surface area contributed by atoms with Crippen molar-refractivity contribution >= 4 is 12.4 Å². The third kappa shape index (κ3) is 2.95. The molecule has 0 aliphatic carbocycles. The molecule has 0 spiro atoms. The summed E-state index contributed by atoms with van der Waals surface area (Å²) in [5, 5.41) is 0. The molecule has 1 aromatic carbocycles. The molecule has 0 radical (unpaired) electrons. The molecule has 2 rings (SSSR count). The summed E-state index contributed by atoms with van der Waals surface area (Å²) in [7, 11) is 0. The van der Waals surface area contributed by atoms with Crippen LogP contribution < -0.4 is 10.5 Å². The Morgan fingerprint density at radius 2 is 1.81 bits per heavy atom. The lowest BCUT2D eigenvalue weighted by atomic mass is 10.3. The minimum Gasteiger partial charge on any atom is -0.439 e. The van der Waals surface area contributed by atoms with Crippen LogP contribution in [0, 0.1) is 0 Å². The monoisotopic (exact) mass is 236 g/mol. The second-order valence-corrected chi connectivity index (χ2v) is 3.09. The van der Waals surface area contributed by atoms with Crippen molar-refractivity contribution in [2.45, 2.75) is 6.54 Å². The predicted octanol–water partition coefficient (Wildman–Crippen LogP) is 2.75. The van der Waals surface area contributed by atoms with Gasteiger partial charge in [0.2, 0.25) is 5.88 Å². The van der Waals surface area contributed by atoms with E-state index in [-0.39, 0.29) is 12.4 Å². The fourth-order valence-corrected chi connectivity index (χ4v) is 1.27. The van der Waals surface area contributed by atoms with Crippen LogP contribution in [0.15, 0.2) is 48.7 Å². The van der Waals surface area contributed by atoms with Gasteiger partial charge in [-0.1, -0.05) is 24.3 Å². The average Bonchev–Trinajstić information content (AvgIpc) is 2.31. The zero-order valence-electron chi connectivity index (χ0n) is 8.67. The first-order valence-electron chi connectivity index (χ1n) is 4.77. The molecule has 0 aliphatic heterocycles. The van der Waals surface area contributed by atoms with Gasteiger partial charge in [0.15, 0.2) is 0 Å². The maximum Gasteiger partial charge on any atom is 0.223 e. The van der Waals surface area contributed by atoms with E-state index in [9.17, 15) is 0 Å². The number of hydrogen-bond donors (Lipinski definition) is 1. The van der Waals surface area contributed by atoms with E-state index in [1.54, 1.807) is 6.20 Å². The summed E-state index contributed by atoms with van der Waals surface area (Å²) in [6, 6.07) is 13.3. The summed E-state index contributed by atoms with van der Waals surface area (Å²) >= 11 is 0. The minimum absolute atomic E-state index is 0. The molecule has 0 amide bonds. The number of para-hydroxylation sites is 1. The molecule has 0 bridgehead atoms. The van der Waals surface area contributed by atoms with Crippen molar-refractivity contribution in [2.24, 2.45) is 5.73 Å². The Morgan fingerprint density at radius 1 is 1.06 bits per heavy atom. The molecular formula is C12H13ClN2O. The van der Waals surface area contributed by atoms with Gasteiger partial charge in [0.25, 0.3) is 0 Å². The van der Waals surface area contributed by atoms with Crippen LogP contribution in [-0.2, 0) is 6.54 Å². The molecule has 0 aliphatic rings. The van der Waals surface area contributed by atoms with Gasteiger partial charge in [-0.3, -0.25) is 0 Å². The second kappa shape index (κ2) is 6.10. The van der Waals surface area contributed by atoms with E-state index in [1.165, 1.54) is 0 Å². The molecule has 84 valence electrons.